The summed E-state index contributed by atoms with van der Waals surface area (Å²) in [6, 6.07) is 9.51. The highest BCUT2D eigenvalue weighted by atomic mass is 15.4. The molecule has 0 bridgehead atoms. The Labute approximate surface area is 127 Å². The number of anilines is 1. The van der Waals surface area contributed by atoms with Crippen LogP contribution in [0.4, 0.5) is 5.82 Å². The average Bonchev–Trinajstić information content (AvgIpc) is 3.30. The molecule has 0 saturated heterocycles. The van der Waals surface area contributed by atoms with Gasteiger partial charge in [-0.1, -0.05) is 18.2 Å². The number of nitrogens with one attached hydrogen (secondary N) is 1. The Morgan fingerprint density at radius 2 is 2.14 bits per heavy atom. The summed E-state index contributed by atoms with van der Waals surface area (Å²) in [4.78, 5) is 4.31. The van der Waals surface area contributed by atoms with Crippen molar-refractivity contribution in [2.75, 3.05) is 11.9 Å². The number of allylic oxidation sites excluding steroid dienone is 1. The van der Waals surface area contributed by atoms with Crippen molar-refractivity contribution in [3.05, 3.63) is 48.7 Å². The minimum Gasteiger partial charge on any atom is -0.365 e. The highest BCUT2D eigenvalue weighted by Gasteiger charge is 2.16. The van der Waals surface area contributed by atoms with Gasteiger partial charge in [-0.15, -0.1) is 15.3 Å². The van der Waals surface area contributed by atoms with Crippen LogP contribution < -0.4 is 5.32 Å². The van der Waals surface area contributed by atoms with Crippen LogP contribution in [0.25, 0.3) is 17.2 Å². The molecular formula is C16H16N6. The zero-order chi connectivity index (χ0) is 14.8. The van der Waals surface area contributed by atoms with Crippen LogP contribution in [-0.2, 0) is 0 Å². The second kappa shape index (κ2) is 5.55. The lowest BCUT2D eigenvalue weighted by Crippen LogP contribution is -2.04. The number of hydrogen-bond acceptors (Lipinski definition) is 5. The molecule has 1 saturated carbocycles. The summed E-state index contributed by atoms with van der Waals surface area (Å²) in [5, 5.41) is 16.2. The Morgan fingerprint density at radius 1 is 1.18 bits per heavy atom. The maximum Gasteiger partial charge on any atom is 0.203 e. The van der Waals surface area contributed by atoms with Gasteiger partial charge in [0.15, 0.2) is 5.65 Å². The molecule has 1 N–H and O–H groups in total. The molecule has 1 aliphatic rings. The molecule has 4 rings (SSSR count). The topological polar surface area (TPSA) is 68.0 Å². The van der Waals surface area contributed by atoms with Crippen LogP contribution in [0.15, 0.2) is 48.7 Å². The Kier molecular flexibility index (Phi) is 3.27. The third-order valence-electron chi connectivity index (χ3n) is 3.59. The van der Waals surface area contributed by atoms with E-state index in [1.54, 1.807) is 10.7 Å². The summed E-state index contributed by atoms with van der Waals surface area (Å²) in [5.41, 5.74) is 1.47. The Balaban J connectivity index is 1.58. The van der Waals surface area contributed by atoms with Gasteiger partial charge < -0.3 is 5.32 Å². The predicted octanol–water partition coefficient (Wildman–Crippen LogP) is 2.56. The van der Waals surface area contributed by atoms with Crippen LogP contribution in [0.2, 0.25) is 0 Å². The van der Waals surface area contributed by atoms with Gasteiger partial charge >= 0.3 is 0 Å². The van der Waals surface area contributed by atoms with E-state index in [9.17, 15) is 0 Å². The first kappa shape index (κ1) is 12.9. The molecule has 0 aliphatic heterocycles. The fraction of sp³-hybridized carbons (Fsp3) is 0.250. The third-order valence-corrected chi connectivity index (χ3v) is 3.59. The van der Waals surface area contributed by atoms with Crippen molar-refractivity contribution in [2.45, 2.75) is 12.8 Å². The van der Waals surface area contributed by atoms with Gasteiger partial charge in [-0.25, -0.2) is 0 Å². The van der Waals surface area contributed by atoms with Crippen molar-refractivity contribution in [3.63, 3.8) is 0 Å². The van der Waals surface area contributed by atoms with E-state index in [2.05, 4.69) is 37.7 Å². The third kappa shape index (κ3) is 2.67. The van der Waals surface area contributed by atoms with Crippen molar-refractivity contribution in [1.29, 1.82) is 0 Å². The van der Waals surface area contributed by atoms with Gasteiger partial charge in [0.2, 0.25) is 5.82 Å². The summed E-state index contributed by atoms with van der Waals surface area (Å²) >= 11 is 0. The maximum atomic E-state index is 4.55. The monoisotopic (exact) mass is 292 g/mol. The number of nitrogens with zero attached hydrogens (tertiary/aromatic N) is 5. The Bertz CT molecular complexity index is 804. The zero-order valence-corrected chi connectivity index (χ0v) is 12.1. The highest BCUT2D eigenvalue weighted by molar-refractivity contribution is 5.55. The molecule has 0 radical (unpaired) electrons. The largest absolute Gasteiger partial charge is 0.365 e. The molecule has 0 amide bonds. The second-order valence-corrected chi connectivity index (χ2v) is 5.37. The summed E-state index contributed by atoms with van der Waals surface area (Å²) in [5.74, 6) is 2.24. The van der Waals surface area contributed by atoms with E-state index in [1.807, 2.05) is 30.3 Å². The molecule has 110 valence electrons. The van der Waals surface area contributed by atoms with Crippen LogP contribution in [0, 0.1) is 5.92 Å². The quantitative estimate of drug-likeness (QED) is 0.732. The first-order valence-corrected chi connectivity index (χ1v) is 7.44. The molecular weight excluding hydrogens is 276 g/mol. The molecule has 6 nitrogen and oxygen atoms in total. The normalized spacial score (nSPS) is 14.7. The highest BCUT2D eigenvalue weighted by Crippen LogP contribution is 2.29. The molecule has 22 heavy (non-hydrogen) atoms. The molecule has 0 aromatic carbocycles. The van der Waals surface area contributed by atoms with Gasteiger partial charge in [0, 0.05) is 12.7 Å². The first-order valence-electron chi connectivity index (χ1n) is 7.44. The van der Waals surface area contributed by atoms with Crippen molar-refractivity contribution >= 4 is 11.5 Å². The van der Waals surface area contributed by atoms with E-state index in [-0.39, 0.29) is 0 Å². The van der Waals surface area contributed by atoms with Crippen LogP contribution in [0.3, 0.4) is 0 Å². The number of hydrogen-bond donors (Lipinski definition) is 1. The van der Waals surface area contributed by atoms with E-state index in [0.29, 0.717) is 11.5 Å². The zero-order valence-electron chi connectivity index (χ0n) is 12.1. The first-order chi connectivity index (χ1) is 10.9. The molecule has 0 atom stereocenters. The van der Waals surface area contributed by atoms with Crippen LogP contribution in [-0.4, -0.2) is 31.3 Å². The minimum atomic E-state index is 0.646. The summed E-state index contributed by atoms with van der Waals surface area (Å²) in [6.07, 6.45) is 8.82. The van der Waals surface area contributed by atoms with Crippen LogP contribution in [0.1, 0.15) is 12.8 Å². The fourth-order valence-electron chi connectivity index (χ4n) is 2.25. The van der Waals surface area contributed by atoms with E-state index in [1.165, 1.54) is 12.8 Å². The smallest absolute Gasteiger partial charge is 0.203 e. The predicted molar refractivity (Wildman–Crippen MR) is 84.4 cm³/mol. The number of aromatic nitrogens is 5. The van der Waals surface area contributed by atoms with Crippen LogP contribution in [0.5, 0.6) is 0 Å². The fourth-order valence-corrected chi connectivity index (χ4v) is 2.25. The van der Waals surface area contributed by atoms with E-state index in [4.69, 9.17) is 0 Å². The van der Waals surface area contributed by atoms with E-state index in [0.717, 1.165) is 24.0 Å². The lowest BCUT2D eigenvalue weighted by atomic mass is 10.3. The summed E-state index contributed by atoms with van der Waals surface area (Å²) in [6.45, 7) is 0.774. The van der Waals surface area contributed by atoms with Crippen LogP contribution >= 0.6 is 0 Å². The van der Waals surface area contributed by atoms with Crippen molar-refractivity contribution < 1.29 is 0 Å². The molecule has 0 spiro atoms. The second-order valence-electron chi connectivity index (χ2n) is 5.37. The molecule has 1 aliphatic carbocycles. The average molecular weight is 292 g/mol. The Hall–Kier alpha value is -2.76. The molecule has 3 aromatic heterocycles. The van der Waals surface area contributed by atoms with Crippen molar-refractivity contribution in [2.24, 2.45) is 5.92 Å². The summed E-state index contributed by atoms with van der Waals surface area (Å²) < 4.78 is 1.72. The molecule has 1 fully saturated rings. The SMILES string of the molecule is C(=C\C1CC1)/CNc1ccc2nnc(-c3ccccn3)n2n1. The molecule has 3 aromatic rings. The standard InChI is InChI=1S/C16H16N6/c1-2-10-17-13(5-1)16-20-19-15-9-8-14(21-22(15)16)18-11-3-4-12-6-7-12/h1-5,8-10,12H,6-7,11H2,(H,18,21)/b4-3+. The van der Waals surface area contributed by atoms with Gasteiger partial charge in [-0.2, -0.15) is 4.52 Å². The lowest BCUT2D eigenvalue weighted by molar-refractivity contribution is 0.928. The van der Waals surface area contributed by atoms with Gasteiger partial charge in [0.25, 0.3) is 0 Å². The maximum absolute atomic E-state index is 4.55. The molecule has 3 heterocycles. The van der Waals surface area contributed by atoms with Gasteiger partial charge in [0.05, 0.1) is 0 Å². The van der Waals surface area contributed by atoms with Crippen molar-refractivity contribution in [3.8, 4) is 11.5 Å². The lowest BCUT2D eigenvalue weighted by Gasteiger charge is -2.03. The van der Waals surface area contributed by atoms with E-state index < -0.39 is 0 Å². The summed E-state index contributed by atoms with van der Waals surface area (Å²) in [7, 11) is 0. The number of rotatable bonds is 5. The molecule has 0 unspecified atom stereocenters. The van der Waals surface area contributed by atoms with Gasteiger partial charge in [-0.05, 0) is 43.0 Å². The van der Waals surface area contributed by atoms with Gasteiger partial charge in [0.1, 0.15) is 11.5 Å². The number of fused-ring (bicyclic) bond motifs is 1. The minimum absolute atomic E-state index is 0.646. The van der Waals surface area contributed by atoms with Crippen molar-refractivity contribution in [1.82, 2.24) is 24.8 Å². The van der Waals surface area contributed by atoms with E-state index >= 15 is 0 Å². The van der Waals surface area contributed by atoms with Gasteiger partial charge in [-0.3, -0.25) is 4.98 Å². The molecule has 6 heteroatoms. The Morgan fingerprint density at radius 3 is 2.95 bits per heavy atom. The number of pyridine rings is 1.